The number of ether oxygens (including phenoxy) is 1. The van der Waals surface area contributed by atoms with Gasteiger partial charge in [0.25, 0.3) is 5.91 Å². The van der Waals surface area contributed by atoms with Crippen LogP contribution in [0, 0.1) is 6.92 Å². The Morgan fingerprint density at radius 3 is 2.68 bits per heavy atom. The van der Waals surface area contributed by atoms with Crippen LogP contribution in [0.1, 0.15) is 41.6 Å². The van der Waals surface area contributed by atoms with Gasteiger partial charge in [0.1, 0.15) is 5.75 Å². The van der Waals surface area contributed by atoms with E-state index in [1.807, 2.05) is 25.1 Å². The summed E-state index contributed by atoms with van der Waals surface area (Å²) in [5.41, 5.74) is 1.73. The van der Waals surface area contributed by atoms with Crippen LogP contribution in [0.2, 0.25) is 0 Å². The predicted molar refractivity (Wildman–Crippen MR) is 100 cm³/mol. The average molecular weight is 345 g/mol. The number of rotatable bonds is 4. The van der Waals surface area contributed by atoms with Gasteiger partial charge in [0.2, 0.25) is 0 Å². The number of methoxy groups -OCH3 is 1. The topological polar surface area (TPSA) is 44.8 Å². The number of nitrogens with one attached hydrogen (secondary N) is 1. The molecule has 138 valence electrons. The van der Waals surface area contributed by atoms with Crippen molar-refractivity contribution in [3.63, 3.8) is 0 Å². The molecular weight excluding hydrogens is 314 g/mol. The lowest BCUT2D eigenvalue weighted by molar-refractivity contribution is 0.0766. The summed E-state index contributed by atoms with van der Waals surface area (Å²) in [6, 6.07) is 6.58. The van der Waals surface area contributed by atoms with E-state index in [1.54, 1.807) is 7.11 Å². The van der Waals surface area contributed by atoms with Crippen molar-refractivity contribution in [3.05, 3.63) is 29.3 Å². The molecule has 5 heteroatoms. The maximum atomic E-state index is 12.6. The van der Waals surface area contributed by atoms with Crippen molar-refractivity contribution in [1.29, 1.82) is 0 Å². The van der Waals surface area contributed by atoms with Crippen molar-refractivity contribution in [2.75, 3.05) is 40.3 Å². The number of benzene rings is 1. The molecule has 25 heavy (non-hydrogen) atoms. The fourth-order valence-corrected chi connectivity index (χ4v) is 4.05. The van der Waals surface area contributed by atoms with E-state index in [0.29, 0.717) is 11.6 Å². The molecule has 0 spiro atoms. The first-order valence-electron chi connectivity index (χ1n) is 9.45. The van der Waals surface area contributed by atoms with Gasteiger partial charge in [-0.05, 0) is 77.0 Å². The molecule has 1 N–H and O–H groups in total. The Balaban J connectivity index is 1.58. The lowest BCUT2D eigenvalue weighted by Crippen LogP contribution is -2.53. The second-order valence-electron chi connectivity index (χ2n) is 7.53. The van der Waals surface area contributed by atoms with Crippen molar-refractivity contribution in [3.8, 4) is 5.75 Å². The summed E-state index contributed by atoms with van der Waals surface area (Å²) in [4.78, 5) is 17.6. The number of carbonyl (C=O) groups excluding carboxylic acids is 1. The van der Waals surface area contributed by atoms with E-state index in [9.17, 15) is 4.79 Å². The second-order valence-corrected chi connectivity index (χ2v) is 7.53. The molecule has 2 saturated heterocycles. The molecule has 1 aromatic rings. The molecule has 0 saturated carbocycles. The highest BCUT2D eigenvalue weighted by molar-refractivity contribution is 5.94. The minimum Gasteiger partial charge on any atom is -0.496 e. The maximum Gasteiger partial charge on any atom is 0.251 e. The summed E-state index contributed by atoms with van der Waals surface area (Å²) in [6.07, 6.45) is 4.71. The van der Waals surface area contributed by atoms with Crippen molar-refractivity contribution in [1.82, 2.24) is 15.1 Å². The van der Waals surface area contributed by atoms with Crippen LogP contribution in [0.4, 0.5) is 0 Å². The van der Waals surface area contributed by atoms with E-state index in [1.165, 1.54) is 32.5 Å². The largest absolute Gasteiger partial charge is 0.496 e. The molecule has 0 aromatic heterocycles. The average Bonchev–Trinajstić information content (AvgIpc) is 2.63. The van der Waals surface area contributed by atoms with Crippen LogP contribution in [0.5, 0.6) is 5.75 Å². The first-order chi connectivity index (χ1) is 12.1. The van der Waals surface area contributed by atoms with Crippen LogP contribution >= 0.6 is 0 Å². The third-order valence-electron chi connectivity index (χ3n) is 5.66. The van der Waals surface area contributed by atoms with Crippen LogP contribution in [-0.4, -0.2) is 68.1 Å². The number of hydrogen-bond acceptors (Lipinski definition) is 4. The van der Waals surface area contributed by atoms with Crippen molar-refractivity contribution in [2.45, 2.75) is 44.7 Å². The van der Waals surface area contributed by atoms with Gasteiger partial charge in [0.05, 0.1) is 7.11 Å². The SMILES string of the molecule is COc1cc(C(=O)N[C@H]2CCCN(C3CCN(C)CC3)C2)ccc1C. The molecule has 3 rings (SSSR count). The fourth-order valence-electron chi connectivity index (χ4n) is 4.05. The highest BCUT2D eigenvalue weighted by Gasteiger charge is 2.28. The van der Waals surface area contributed by atoms with Crippen LogP contribution in [0.3, 0.4) is 0 Å². The third-order valence-corrected chi connectivity index (χ3v) is 5.66. The van der Waals surface area contributed by atoms with E-state index in [0.717, 1.165) is 30.7 Å². The fraction of sp³-hybridized carbons (Fsp3) is 0.650. The molecule has 0 radical (unpaired) electrons. The number of aryl methyl sites for hydroxylation is 1. The van der Waals surface area contributed by atoms with Crippen LogP contribution in [0.25, 0.3) is 0 Å². The summed E-state index contributed by atoms with van der Waals surface area (Å²) in [5.74, 6) is 0.776. The maximum absolute atomic E-state index is 12.6. The summed E-state index contributed by atoms with van der Waals surface area (Å²) in [7, 11) is 3.84. The van der Waals surface area contributed by atoms with Crippen molar-refractivity contribution >= 4 is 5.91 Å². The minimum atomic E-state index is 0.00790. The number of carbonyl (C=O) groups is 1. The molecule has 2 fully saturated rings. The molecule has 5 nitrogen and oxygen atoms in total. The molecule has 0 unspecified atom stereocenters. The van der Waals surface area contributed by atoms with E-state index in [2.05, 4.69) is 22.2 Å². The molecule has 2 aliphatic rings. The Morgan fingerprint density at radius 1 is 1.20 bits per heavy atom. The number of likely N-dealkylation sites (tertiary alicyclic amines) is 2. The standard InChI is InChI=1S/C20H31N3O2/c1-15-6-7-16(13-19(15)25-3)20(24)21-17-5-4-10-23(14-17)18-8-11-22(2)12-9-18/h6-7,13,17-18H,4-5,8-12,14H2,1-3H3,(H,21,24)/t17-/m0/s1. The molecule has 1 aromatic carbocycles. The van der Waals surface area contributed by atoms with Gasteiger partial charge < -0.3 is 15.0 Å². The Labute approximate surface area is 151 Å². The quantitative estimate of drug-likeness (QED) is 0.909. The summed E-state index contributed by atoms with van der Waals surface area (Å²) >= 11 is 0. The van der Waals surface area contributed by atoms with Gasteiger partial charge in [-0.25, -0.2) is 0 Å². The van der Waals surface area contributed by atoms with Crippen molar-refractivity contribution < 1.29 is 9.53 Å². The number of nitrogens with zero attached hydrogens (tertiary/aromatic N) is 2. The van der Waals surface area contributed by atoms with Gasteiger partial charge in [-0.15, -0.1) is 0 Å². The lowest BCUT2D eigenvalue weighted by atomic mass is 9.98. The van der Waals surface area contributed by atoms with E-state index >= 15 is 0 Å². The first-order valence-corrected chi connectivity index (χ1v) is 9.45. The summed E-state index contributed by atoms with van der Waals surface area (Å²) in [6.45, 7) is 6.49. The summed E-state index contributed by atoms with van der Waals surface area (Å²) < 4.78 is 5.34. The Kier molecular flexibility index (Phi) is 5.97. The molecule has 1 amide bonds. The third kappa shape index (κ3) is 4.53. The van der Waals surface area contributed by atoms with Crippen molar-refractivity contribution in [2.24, 2.45) is 0 Å². The van der Waals surface area contributed by atoms with Gasteiger partial charge in [0.15, 0.2) is 0 Å². The predicted octanol–water partition coefficient (Wildman–Crippen LogP) is 2.29. The van der Waals surface area contributed by atoms with Gasteiger partial charge in [0, 0.05) is 24.2 Å². The summed E-state index contributed by atoms with van der Waals surface area (Å²) in [5, 5.41) is 3.24. The van der Waals surface area contributed by atoms with Gasteiger partial charge >= 0.3 is 0 Å². The lowest BCUT2D eigenvalue weighted by Gasteiger charge is -2.41. The first kappa shape index (κ1) is 18.2. The van der Waals surface area contributed by atoms with E-state index < -0.39 is 0 Å². The highest BCUT2D eigenvalue weighted by atomic mass is 16.5. The molecule has 0 aliphatic carbocycles. The Bertz CT molecular complexity index is 597. The molecule has 2 aliphatic heterocycles. The van der Waals surface area contributed by atoms with E-state index in [-0.39, 0.29) is 11.9 Å². The Hall–Kier alpha value is -1.59. The Morgan fingerprint density at radius 2 is 1.96 bits per heavy atom. The van der Waals surface area contributed by atoms with Crippen LogP contribution in [-0.2, 0) is 0 Å². The zero-order valence-electron chi connectivity index (χ0n) is 15.8. The van der Waals surface area contributed by atoms with Crippen LogP contribution < -0.4 is 10.1 Å². The van der Waals surface area contributed by atoms with Crippen LogP contribution in [0.15, 0.2) is 18.2 Å². The monoisotopic (exact) mass is 345 g/mol. The molecule has 2 heterocycles. The molecular formula is C20H31N3O2. The highest BCUT2D eigenvalue weighted by Crippen LogP contribution is 2.22. The number of piperidine rings is 2. The molecule has 0 bridgehead atoms. The molecule has 1 atom stereocenters. The van der Waals surface area contributed by atoms with Gasteiger partial charge in [-0.1, -0.05) is 6.07 Å². The minimum absolute atomic E-state index is 0.00790. The number of hydrogen-bond donors (Lipinski definition) is 1. The zero-order valence-corrected chi connectivity index (χ0v) is 15.8. The number of amides is 1. The second kappa shape index (κ2) is 8.19. The van der Waals surface area contributed by atoms with Gasteiger partial charge in [-0.2, -0.15) is 0 Å². The smallest absolute Gasteiger partial charge is 0.251 e. The van der Waals surface area contributed by atoms with Gasteiger partial charge in [-0.3, -0.25) is 9.69 Å². The normalized spacial score (nSPS) is 23.4. The zero-order chi connectivity index (χ0) is 17.8. The van der Waals surface area contributed by atoms with E-state index in [4.69, 9.17) is 4.74 Å².